The van der Waals surface area contributed by atoms with Gasteiger partial charge in [0.1, 0.15) is 0 Å². The number of aliphatic imine (C=N–C) groups is 1. The van der Waals surface area contributed by atoms with Gasteiger partial charge in [0.15, 0.2) is 6.34 Å². The maximum Gasteiger partial charge on any atom is 0.207 e. The maximum absolute atomic E-state index is 8.02. The van der Waals surface area contributed by atoms with Crippen molar-refractivity contribution in [2.75, 3.05) is 13.1 Å². The fraction of sp³-hybridized carbons (Fsp3) is 0.667. The number of hydrogen-bond donors (Lipinski definition) is 0. The smallest absolute Gasteiger partial charge is 0.207 e. The van der Waals surface area contributed by atoms with Crippen molar-refractivity contribution in [3.8, 4) is 6.19 Å². The highest BCUT2D eigenvalue weighted by Crippen LogP contribution is 2.03. The van der Waals surface area contributed by atoms with Crippen LogP contribution in [0.1, 0.15) is 12.8 Å². The lowest BCUT2D eigenvalue weighted by atomic mass is 10.4. The summed E-state index contributed by atoms with van der Waals surface area (Å²) in [6.07, 6.45) is 6.70. The van der Waals surface area contributed by atoms with E-state index in [9.17, 15) is 0 Å². The van der Waals surface area contributed by atoms with Crippen molar-refractivity contribution < 1.29 is 0 Å². The predicted octanol–water partition coefficient (Wildman–Crippen LogP) is 0.469. The Morgan fingerprint density at radius 3 is 2.56 bits per heavy atom. The molecule has 1 aliphatic rings. The molecule has 1 aliphatic heterocycles. The Hall–Kier alpha value is -1.04. The number of likely N-dealkylation sites (tertiary alicyclic amines) is 1. The van der Waals surface area contributed by atoms with Crippen molar-refractivity contribution in [2.45, 2.75) is 12.8 Å². The predicted molar refractivity (Wildman–Crippen MR) is 33.9 cm³/mol. The second-order valence-corrected chi connectivity index (χ2v) is 2.01. The third-order valence-electron chi connectivity index (χ3n) is 1.35. The van der Waals surface area contributed by atoms with Gasteiger partial charge < -0.3 is 4.90 Å². The summed E-state index contributed by atoms with van der Waals surface area (Å²) >= 11 is 0. The Kier molecular flexibility index (Phi) is 2.08. The molecule has 0 bridgehead atoms. The van der Waals surface area contributed by atoms with E-state index in [0.717, 1.165) is 13.1 Å². The molecule has 1 saturated heterocycles. The zero-order chi connectivity index (χ0) is 6.53. The van der Waals surface area contributed by atoms with E-state index < -0.39 is 0 Å². The molecule has 0 aromatic rings. The molecular formula is C6H8N3. The highest BCUT2D eigenvalue weighted by molar-refractivity contribution is 5.56. The van der Waals surface area contributed by atoms with Gasteiger partial charge in [-0.1, -0.05) is 0 Å². The molecule has 9 heavy (non-hydrogen) atoms. The van der Waals surface area contributed by atoms with Crippen LogP contribution in [0.3, 0.4) is 0 Å². The van der Waals surface area contributed by atoms with Gasteiger partial charge in [-0.15, -0.1) is 0 Å². The zero-order valence-corrected chi connectivity index (χ0v) is 5.17. The second kappa shape index (κ2) is 3.08. The molecule has 1 heterocycles. The van der Waals surface area contributed by atoms with Crippen molar-refractivity contribution in [2.24, 2.45) is 4.99 Å². The number of rotatable bonds is 1. The van der Waals surface area contributed by atoms with Crippen LogP contribution in [0, 0.1) is 11.5 Å². The molecule has 0 aromatic heterocycles. The summed E-state index contributed by atoms with van der Waals surface area (Å²) in [6, 6.07) is 0. The van der Waals surface area contributed by atoms with E-state index in [0.29, 0.717) is 0 Å². The summed E-state index contributed by atoms with van der Waals surface area (Å²) in [5.74, 6) is 0. The molecule has 47 valence electrons. The molecule has 1 fully saturated rings. The summed E-state index contributed by atoms with van der Waals surface area (Å²) in [5.41, 5.74) is 0. The quantitative estimate of drug-likeness (QED) is 0.288. The monoisotopic (exact) mass is 122 g/mol. The second-order valence-electron chi connectivity index (χ2n) is 2.01. The fourth-order valence-corrected chi connectivity index (χ4v) is 0.910. The molecule has 0 amide bonds. The van der Waals surface area contributed by atoms with E-state index in [1.54, 1.807) is 6.19 Å². The zero-order valence-electron chi connectivity index (χ0n) is 5.17. The summed E-state index contributed by atoms with van der Waals surface area (Å²) in [7, 11) is 0. The Labute approximate surface area is 54.6 Å². The third-order valence-corrected chi connectivity index (χ3v) is 1.35. The SMILES string of the molecule is N#C/N=[C]/N1CCCC1. The molecule has 1 radical (unpaired) electrons. The van der Waals surface area contributed by atoms with Crippen molar-refractivity contribution >= 4 is 6.34 Å². The van der Waals surface area contributed by atoms with Gasteiger partial charge in [-0.2, -0.15) is 10.3 Å². The van der Waals surface area contributed by atoms with Crippen molar-refractivity contribution in [3.05, 3.63) is 0 Å². The van der Waals surface area contributed by atoms with Gasteiger partial charge in [0.2, 0.25) is 6.19 Å². The van der Waals surface area contributed by atoms with E-state index in [1.165, 1.54) is 12.8 Å². The van der Waals surface area contributed by atoms with E-state index in [4.69, 9.17) is 5.26 Å². The van der Waals surface area contributed by atoms with Crippen LogP contribution >= 0.6 is 0 Å². The molecule has 0 aromatic carbocycles. The topological polar surface area (TPSA) is 39.4 Å². The standard InChI is InChI=1S/C6H8N3/c7-5-8-6-9-3-1-2-4-9/h1-4H2. The van der Waals surface area contributed by atoms with Crippen LogP contribution in [0.15, 0.2) is 4.99 Å². The Bertz CT molecular complexity index is 139. The number of hydrogen-bond acceptors (Lipinski definition) is 2. The number of nitrogens with zero attached hydrogens (tertiary/aromatic N) is 3. The van der Waals surface area contributed by atoms with Gasteiger partial charge in [-0.05, 0) is 12.8 Å². The van der Waals surface area contributed by atoms with E-state index in [2.05, 4.69) is 11.3 Å². The first-order valence-corrected chi connectivity index (χ1v) is 3.03. The highest BCUT2D eigenvalue weighted by atomic mass is 15.2. The van der Waals surface area contributed by atoms with E-state index >= 15 is 0 Å². The minimum atomic E-state index is 1.01. The molecule has 0 saturated carbocycles. The van der Waals surface area contributed by atoms with Crippen LogP contribution in [-0.4, -0.2) is 24.3 Å². The molecule has 1 rings (SSSR count). The molecule has 0 unspecified atom stereocenters. The Balaban J connectivity index is 2.28. The van der Waals surface area contributed by atoms with Gasteiger partial charge in [0, 0.05) is 13.1 Å². The largest absolute Gasteiger partial charge is 0.353 e. The van der Waals surface area contributed by atoms with E-state index in [-0.39, 0.29) is 0 Å². The summed E-state index contributed by atoms with van der Waals surface area (Å²) in [5, 5.41) is 8.02. The molecule has 3 nitrogen and oxygen atoms in total. The normalized spacial score (nSPS) is 18.8. The molecule has 0 spiro atoms. The van der Waals surface area contributed by atoms with Gasteiger partial charge in [0.25, 0.3) is 0 Å². The fourth-order valence-electron chi connectivity index (χ4n) is 0.910. The first kappa shape index (κ1) is 6.09. The molecule has 0 atom stereocenters. The summed E-state index contributed by atoms with van der Waals surface area (Å²) in [4.78, 5) is 5.27. The Morgan fingerprint density at radius 2 is 2.00 bits per heavy atom. The average molecular weight is 122 g/mol. The molecule has 0 aliphatic carbocycles. The lowest BCUT2D eigenvalue weighted by molar-refractivity contribution is 0.536. The third kappa shape index (κ3) is 1.73. The minimum Gasteiger partial charge on any atom is -0.353 e. The van der Waals surface area contributed by atoms with Crippen LogP contribution in [0.25, 0.3) is 0 Å². The maximum atomic E-state index is 8.02. The highest BCUT2D eigenvalue weighted by Gasteiger charge is 2.06. The lowest BCUT2D eigenvalue weighted by Crippen LogP contribution is -2.15. The first-order valence-electron chi connectivity index (χ1n) is 3.03. The van der Waals surface area contributed by atoms with Gasteiger partial charge >= 0.3 is 0 Å². The molecule has 3 heteroatoms. The van der Waals surface area contributed by atoms with Gasteiger partial charge in [-0.25, -0.2) is 0 Å². The molecular weight excluding hydrogens is 114 g/mol. The van der Waals surface area contributed by atoms with Crippen molar-refractivity contribution in [1.29, 1.82) is 5.26 Å². The van der Waals surface area contributed by atoms with Crippen LogP contribution in [0.2, 0.25) is 0 Å². The van der Waals surface area contributed by atoms with Gasteiger partial charge in [-0.3, -0.25) is 0 Å². The average Bonchev–Trinajstić information content (AvgIpc) is 2.34. The molecule has 0 N–H and O–H groups in total. The van der Waals surface area contributed by atoms with Crippen LogP contribution in [0.5, 0.6) is 0 Å². The first-order chi connectivity index (χ1) is 4.43. The van der Waals surface area contributed by atoms with Crippen molar-refractivity contribution in [1.82, 2.24) is 4.90 Å². The number of nitriles is 1. The lowest BCUT2D eigenvalue weighted by Gasteiger charge is -2.04. The van der Waals surface area contributed by atoms with Crippen LogP contribution in [0.4, 0.5) is 0 Å². The van der Waals surface area contributed by atoms with Crippen LogP contribution < -0.4 is 0 Å². The van der Waals surface area contributed by atoms with E-state index in [1.807, 2.05) is 4.90 Å². The summed E-state index contributed by atoms with van der Waals surface area (Å²) in [6.45, 7) is 2.01. The minimum absolute atomic E-state index is 1.01. The van der Waals surface area contributed by atoms with Crippen molar-refractivity contribution in [3.63, 3.8) is 0 Å². The van der Waals surface area contributed by atoms with Crippen LogP contribution in [-0.2, 0) is 0 Å². The Morgan fingerprint density at radius 1 is 1.33 bits per heavy atom. The van der Waals surface area contributed by atoms with Gasteiger partial charge in [0.05, 0.1) is 0 Å². The summed E-state index contributed by atoms with van der Waals surface area (Å²) < 4.78 is 0.